The van der Waals surface area contributed by atoms with Crippen molar-refractivity contribution in [3.05, 3.63) is 51.7 Å². The van der Waals surface area contributed by atoms with Gasteiger partial charge in [0.15, 0.2) is 0 Å². The lowest BCUT2D eigenvalue weighted by molar-refractivity contribution is 0.0730. The van der Waals surface area contributed by atoms with Crippen LogP contribution in [0.2, 0.25) is 0 Å². The van der Waals surface area contributed by atoms with Gasteiger partial charge in [0.1, 0.15) is 9.77 Å². The number of rotatable bonds is 7. The molecule has 0 bridgehead atoms. The molecule has 1 aromatic carbocycles. The molecule has 28 heavy (non-hydrogen) atoms. The highest BCUT2D eigenvalue weighted by atomic mass is 32.2. The van der Waals surface area contributed by atoms with Crippen LogP contribution >= 0.6 is 11.3 Å². The molecule has 0 saturated carbocycles. The van der Waals surface area contributed by atoms with E-state index in [4.69, 9.17) is 4.74 Å². The molecule has 1 aliphatic heterocycles. The van der Waals surface area contributed by atoms with Crippen molar-refractivity contribution in [2.75, 3.05) is 32.8 Å². The number of carbonyl (C=O) groups is 1. The van der Waals surface area contributed by atoms with E-state index < -0.39 is 10.0 Å². The summed E-state index contributed by atoms with van der Waals surface area (Å²) in [5, 5.41) is 4.50. The van der Waals surface area contributed by atoms with Crippen molar-refractivity contribution in [3.63, 3.8) is 0 Å². The van der Waals surface area contributed by atoms with Gasteiger partial charge in [-0.2, -0.15) is 4.31 Å². The van der Waals surface area contributed by atoms with E-state index in [0.717, 1.165) is 16.9 Å². The molecule has 1 amide bonds. The molecule has 2 heterocycles. The van der Waals surface area contributed by atoms with Gasteiger partial charge in [0.05, 0.1) is 13.2 Å². The van der Waals surface area contributed by atoms with E-state index in [2.05, 4.69) is 43.4 Å². The van der Waals surface area contributed by atoms with Gasteiger partial charge in [0.2, 0.25) is 10.0 Å². The number of sulfonamides is 1. The van der Waals surface area contributed by atoms with Crippen molar-refractivity contribution in [3.8, 4) is 0 Å². The normalized spacial score (nSPS) is 15.7. The van der Waals surface area contributed by atoms with Gasteiger partial charge in [-0.3, -0.25) is 4.79 Å². The monoisotopic (exact) mass is 422 g/mol. The summed E-state index contributed by atoms with van der Waals surface area (Å²) >= 11 is 1.15. The maximum atomic E-state index is 12.9. The van der Waals surface area contributed by atoms with Gasteiger partial charge in [-0.25, -0.2) is 8.42 Å². The fraction of sp³-hybridized carbons (Fsp3) is 0.450. The number of benzene rings is 1. The van der Waals surface area contributed by atoms with Crippen LogP contribution in [0.15, 0.2) is 40.6 Å². The Morgan fingerprint density at radius 1 is 1.18 bits per heavy atom. The van der Waals surface area contributed by atoms with Gasteiger partial charge in [0, 0.05) is 19.6 Å². The highest BCUT2D eigenvalue weighted by molar-refractivity contribution is 7.89. The molecule has 0 atom stereocenters. The lowest BCUT2D eigenvalue weighted by Crippen LogP contribution is -2.41. The number of thiophene rings is 1. The molecule has 0 radical (unpaired) electrons. The van der Waals surface area contributed by atoms with E-state index in [9.17, 15) is 13.2 Å². The van der Waals surface area contributed by atoms with Crippen molar-refractivity contribution in [1.82, 2.24) is 9.62 Å². The molecule has 152 valence electrons. The van der Waals surface area contributed by atoms with Crippen LogP contribution in [-0.4, -0.2) is 51.5 Å². The SMILES string of the molecule is CC(C)c1ccc(CCNC(=O)c2sccc2S(=O)(=O)N2CCOCC2)cc1. The first-order chi connectivity index (χ1) is 13.4. The highest BCUT2D eigenvalue weighted by Crippen LogP contribution is 2.26. The quantitative estimate of drug-likeness (QED) is 0.744. The lowest BCUT2D eigenvalue weighted by atomic mass is 10.0. The first kappa shape index (κ1) is 21.0. The molecule has 1 aliphatic rings. The van der Waals surface area contributed by atoms with Crippen molar-refractivity contribution < 1.29 is 17.9 Å². The number of hydrogen-bond donors (Lipinski definition) is 1. The first-order valence-electron chi connectivity index (χ1n) is 9.42. The third-order valence-electron chi connectivity index (χ3n) is 4.77. The fourth-order valence-electron chi connectivity index (χ4n) is 3.06. The van der Waals surface area contributed by atoms with Crippen LogP contribution in [0, 0.1) is 0 Å². The molecule has 8 heteroatoms. The van der Waals surface area contributed by atoms with Gasteiger partial charge in [-0.05, 0) is 34.9 Å². The third kappa shape index (κ3) is 4.81. The summed E-state index contributed by atoms with van der Waals surface area (Å²) in [7, 11) is -3.68. The van der Waals surface area contributed by atoms with Crippen LogP contribution < -0.4 is 5.32 Å². The smallest absolute Gasteiger partial charge is 0.262 e. The Kier molecular flexibility index (Phi) is 6.87. The number of nitrogens with zero attached hydrogens (tertiary/aromatic N) is 1. The van der Waals surface area contributed by atoms with Crippen LogP contribution in [0.5, 0.6) is 0 Å². The number of morpholine rings is 1. The fourth-order valence-corrected chi connectivity index (χ4v) is 5.79. The minimum Gasteiger partial charge on any atom is -0.379 e. The van der Waals surface area contributed by atoms with Crippen LogP contribution in [0.4, 0.5) is 0 Å². The third-order valence-corrected chi connectivity index (χ3v) is 7.75. The summed E-state index contributed by atoms with van der Waals surface area (Å²) in [4.78, 5) is 12.9. The standard InChI is InChI=1S/C20H26N2O4S2/c1-15(2)17-5-3-16(4-6-17)7-9-21-20(23)19-18(8-14-27-19)28(24,25)22-10-12-26-13-11-22/h3-6,8,14-15H,7,9-13H2,1-2H3,(H,21,23). The summed E-state index contributed by atoms with van der Waals surface area (Å²) in [6.45, 7) is 6.13. The summed E-state index contributed by atoms with van der Waals surface area (Å²) in [6, 6.07) is 9.86. The van der Waals surface area contributed by atoms with Gasteiger partial charge in [0.25, 0.3) is 5.91 Å². The maximum absolute atomic E-state index is 12.9. The van der Waals surface area contributed by atoms with Crippen LogP contribution in [0.3, 0.4) is 0 Å². The molecule has 0 aliphatic carbocycles. The predicted molar refractivity (Wildman–Crippen MR) is 110 cm³/mol. The van der Waals surface area contributed by atoms with E-state index in [0.29, 0.717) is 45.2 Å². The zero-order valence-corrected chi connectivity index (χ0v) is 17.8. The van der Waals surface area contributed by atoms with E-state index >= 15 is 0 Å². The van der Waals surface area contributed by atoms with Crippen molar-refractivity contribution in [2.24, 2.45) is 0 Å². The second kappa shape index (κ2) is 9.17. The molecule has 1 fully saturated rings. The van der Waals surface area contributed by atoms with Crippen LogP contribution in [-0.2, 0) is 21.2 Å². The van der Waals surface area contributed by atoms with Gasteiger partial charge >= 0.3 is 0 Å². The summed E-state index contributed by atoms with van der Waals surface area (Å²) in [6.07, 6.45) is 0.695. The Hall–Kier alpha value is -1.74. The number of carbonyl (C=O) groups excluding carboxylic acids is 1. The van der Waals surface area contributed by atoms with E-state index in [1.54, 1.807) is 5.38 Å². The number of nitrogens with one attached hydrogen (secondary N) is 1. The molecule has 0 unspecified atom stereocenters. The predicted octanol–water partition coefficient (Wildman–Crippen LogP) is 2.86. The van der Waals surface area contributed by atoms with Gasteiger partial charge in [-0.1, -0.05) is 38.1 Å². The Morgan fingerprint density at radius 3 is 2.50 bits per heavy atom. The molecule has 6 nitrogen and oxygen atoms in total. The largest absolute Gasteiger partial charge is 0.379 e. The van der Waals surface area contributed by atoms with Gasteiger partial charge in [-0.15, -0.1) is 11.3 Å². The second-order valence-electron chi connectivity index (χ2n) is 7.03. The van der Waals surface area contributed by atoms with Crippen LogP contribution in [0.1, 0.15) is 40.6 Å². The Bertz CT molecular complexity index is 899. The summed E-state index contributed by atoms with van der Waals surface area (Å²) in [5.74, 6) is 0.139. The first-order valence-corrected chi connectivity index (χ1v) is 11.7. The Labute approximate surface area is 170 Å². The topological polar surface area (TPSA) is 75.7 Å². The van der Waals surface area contributed by atoms with Crippen LogP contribution in [0.25, 0.3) is 0 Å². The molecule has 3 rings (SSSR count). The summed E-state index contributed by atoms with van der Waals surface area (Å²) < 4.78 is 32.3. The van der Waals surface area contributed by atoms with E-state index in [1.165, 1.54) is 15.9 Å². The number of amides is 1. The van der Waals surface area contributed by atoms with Crippen molar-refractivity contribution >= 4 is 27.3 Å². The van der Waals surface area contributed by atoms with E-state index in [-0.39, 0.29) is 15.7 Å². The average Bonchev–Trinajstić information content (AvgIpc) is 3.20. The molecule has 1 N–H and O–H groups in total. The van der Waals surface area contributed by atoms with Gasteiger partial charge < -0.3 is 10.1 Å². The molecule has 2 aromatic rings. The zero-order valence-electron chi connectivity index (χ0n) is 16.2. The minimum atomic E-state index is -3.68. The molecule has 1 saturated heterocycles. The average molecular weight is 423 g/mol. The number of ether oxygens (including phenoxy) is 1. The Balaban J connectivity index is 1.62. The molecular formula is C20H26N2O4S2. The Morgan fingerprint density at radius 2 is 1.86 bits per heavy atom. The zero-order chi connectivity index (χ0) is 20.1. The molecule has 0 spiro atoms. The molecule has 1 aromatic heterocycles. The molecular weight excluding hydrogens is 396 g/mol. The highest BCUT2D eigenvalue weighted by Gasteiger charge is 2.31. The number of hydrogen-bond acceptors (Lipinski definition) is 5. The second-order valence-corrected chi connectivity index (χ2v) is 9.86. The van der Waals surface area contributed by atoms with Crippen molar-refractivity contribution in [1.29, 1.82) is 0 Å². The minimum absolute atomic E-state index is 0.0817. The van der Waals surface area contributed by atoms with E-state index in [1.807, 2.05) is 0 Å². The summed E-state index contributed by atoms with van der Waals surface area (Å²) in [5.41, 5.74) is 2.42. The van der Waals surface area contributed by atoms with Crippen molar-refractivity contribution in [2.45, 2.75) is 31.1 Å². The maximum Gasteiger partial charge on any atom is 0.262 e. The lowest BCUT2D eigenvalue weighted by Gasteiger charge is -2.26.